The highest BCUT2D eigenvalue weighted by Gasteiger charge is 1.96. The second-order valence-electron chi connectivity index (χ2n) is 6.82. The minimum atomic E-state index is -0.374. The van der Waals surface area contributed by atoms with Gasteiger partial charge < -0.3 is 10.5 Å². The van der Waals surface area contributed by atoms with Gasteiger partial charge in [0.1, 0.15) is 6.61 Å². The maximum Gasteiger partial charge on any atom is 0.243 e. The van der Waals surface area contributed by atoms with E-state index in [4.69, 9.17) is 10.5 Å². The normalized spacial score (nSPS) is 11.0. The van der Waals surface area contributed by atoms with Crippen molar-refractivity contribution in [3.63, 3.8) is 0 Å². The number of carbonyl (C=O) groups excluding carboxylic acids is 1. The van der Waals surface area contributed by atoms with Crippen LogP contribution in [0.5, 0.6) is 0 Å². The van der Waals surface area contributed by atoms with Crippen molar-refractivity contribution >= 4 is 5.91 Å². The van der Waals surface area contributed by atoms with Gasteiger partial charge in [-0.15, -0.1) is 0 Å². The average molecular weight is 328 g/mol. The first-order chi connectivity index (χ1) is 11.3. The maximum atomic E-state index is 10.5. The summed E-state index contributed by atoms with van der Waals surface area (Å²) in [6.45, 7) is 3.02. The Kier molecular flexibility index (Phi) is 19.0. The molecule has 0 saturated carbocycles. The van der Waals surface area contributed by atoms with E-state index in [9.17, 15) is 4.79 Å². The van der Waals surface area contributed by atoms with Crippen LogP contribution in [0.25, 0.3) is 0 Å². The highest BCUT2D eigenvalue weighted by atomic mass is 16.5. The zero-order valence-electron chi connectivity index (χ0n) is 15.6. The molecule has 138 valence electrons. The minimum absolute atomic E-state index is 0.0682. The van der Waals surface area contributed by atoms with Crippen LogP contribution in [0.3, 0.4) is 0 Å². The molecule has 0 aliphatic rings. The molecule has 23 heavy (non-hydrogen) atoms. The lowest BCUT2D eigenvalue weighted by atomic mass is 10.0. The van der Waals surface area contributed by atoms with Crippen LogP contribution in [0.4, 0.5) is 0 Å². The number of ether oxygens (including phenoxy) is 1. The van der Waals surface area contributed by atoms with Crippen molar-refractivity contribution in [3.8, 4) is 0 Å². The van der Waals surface area contributed by atoms with E-state index in [0.29, 0.717) is 6.61 Å². The van der Waals surface area contributed by atoms with E-state index in [0.717, 1.165) is 6.42 Å². The zero-order valence-corrected chi connectivity index (χ0v) is 15.6. The van der Waals surface area contributed by atoms with Gasteiger partial charge in [0.15, 0.2) is 0 Å². The van der Waals surface area contributed by atoms with Gasteiger partial charge in [-0.25, -0.2) is 0 Å². The highest BCUT2D eigenvalue weighted by molar-refractivity contribution is 5.74. The van der Waals surface area contributed by atoms with Crippen molar-refractivity contribution in [2.24, 2.45) is 5.73 Å². The maximum absolute atomic E-state index is 10.5. The van der Waals surface area contributed by atoms with Crippen molar-refractivity contribution in [1.29, 1.82) is 0 Å². The third-order valence-electron chi connectivity index (χ3n) is 4.39. The topological polar surface area (TPSA) is 52.3 Å². The molecular weight excluding hydrogens is 286 g/mol. The van der Waals surface area contributed by atoms with E-state index in [1.54, 1.807) is 0 Å². The average Bonchev–Trinajstić information content (AvgIpc) is 2.53. The van der Waals surface area contributed by atoms with Crippen LogP contribution in [0.1, 0.15) is 110 Å². The molecule has 0 rings (SSSR count). The summed E-state index contributed by atoms with van der Waals surface area (Å²) >= 11 is 0. The van der Waals surface area contributed by atoms with E-state index in [1.165, 1.54) is 96.3 Å². The van der Waals surface area contributed by atoms with Gasteiger partial charge in [-0.1, -0.05) is 103 Å². The van der Waals surface area contributed by atoms with Gasteiger partial charge in [-0.05, 0) is 6.42 Å². The molecule has 0 bridgehead atoms. The minimum Gasteiger partial charge on any atom is -0.372 e. The molecule has 0 heterocycles. The third-order valence-corrected chi connectivity index (χ3v) is 4.39. The fraction of sp³-hybridized carbons (Fsp3) is 0.950. The summed E-state index contributed by atoms with van der Waals surface area (Å²) in [6, 6.07) is 0. The molecule has 0 atom stereocenters. The smallest absolute Gasteiger partial charge is 0.243 e. The molecular formula is C20H41NO2. The first kappa shape index (κ1) is 22.4. The van der Waals surface area contributed by atoms with Crippen LogP contribution in [0.15, 0.2) is 0 Å². The number of primary amides is 1. The van der Waals surface area contributed by atoms with Gasteiger partial charge in [0, 0.05) is 6.61 Å². The summed E-state index contributed by atoms with van der Waals surface area (Å²) < 4.78 is 5.14. The lowest BCUT2D eigenvalue weighted by Gasteiger charge is -2.04. The molecule has 0 aromatic carbocycles. The van der Waals surface area contributed by atoms with Crippen molar-refractivity contribution < 1.29 is 9.53 Å². The lowest BCUT2D eigenvalue weighted by Crippen LogP contribution is -2.18. The first-order valence-electron chi connectivity index (χ1n) is 10.1. The molecule has 0 unspecified atom stereocenters. The SMILES string of the molecule is CCCCCCCCCCCCCCCCCCOCC(N)=O. The molecule has 0 spiro atoms. The van der Waals surface area contributed by atoms with Gasteiger partial charge in [-0.3, -0.25) is 4.79 Å². The molecule has 1 amide bonds. The fourth-order valence-electron chi connectivity index (χ4n) is 2.92. The van der Waals surface area contributed by atoms with Gasteiger partial charge >= 0.3 is 0 Å². The lowest BCUT2D eigenvalue weighted by molar-refractivity contribution is -0.122. The number of unbranched alkanes of at least 4 members (excludes halogenated alkanes) is 15. The van der Waals surface area contributed by atoms with Crippen molar-refractivity contribution in [2.45, 2.75) is 110 Å². The van der Waals surface area contributed by atoms with Crippen LogP contribution in [0, 0.1) is 0 Å². The van der Waals surface area contributed by atoms with Gasteiger partial charge in [0.05, 0.1) is 0 Å². The van der Waals surface area contributed by atoms with Crippen molar-refractivity contribution in [1.82, 2.24) is 0 Å². The van der Waals surface area contributed by atoms with Crippen molar-refractivity contribution in [3.05, 3.63) is 0 Å². The Labute approximate surface area is 144 Å². The first-order valence-corrected chi connectivity index (χ1v) is 10.1. The number of carbonyl (C=O) groups is 1. The molecule has 0 aliphatic heterocycles. The zero-order chi connectivity index (χ0) is 17.0. The van der Waals surface area contributed by atoms with E-state index in [-0.39, 0.29) is 12.5 Å². The molecule has 0 saturated heterocycles. The highest BCUT2D eigenvalue weighted by Crippen LogP contribution is 2.13. The third kappa shape index (κ3) is 21.4. The van der Waals surface area contributed by atoms with E-state index >= 15 is 0 Å². The van der Waals surface area contributed by atoms with Crippen LogP contribution in [0.2, 0.25) is 0 Å². The van der Waals surface area contributed by atoms with E-state index in [2.05, 4.69) is 6.92 Å². The summed E-state index contributed by atoms with van der Waals surface area (Å²) in [7, 11) is 0. The van der Waals surface area contributed by atoms with Crippen LogP contribution in [-0.2, 0) is 9.53 Å². The Morgan fingerprint density at radius 2 is 1.00 bits per heavy atom. The van der Waals surface area contributed by atoms with Gasteiger partial charge in [0.2, 0.25) is 5.91 Å². The quantitative estimate of drug-likeness (QED) is 0.307. The Bertz CT molecular complexity index is 244. The Balaban J connectivity index is 2.96. The number of rotatable bonds is 19. The Morgan fingerprint density at radius 1 is 0.652 bits per heavy atom. The van der Waals surface area contributed by atoms with Crippen LogP contribution < -0.4 is 5.73 Å². The summed E-state index contributed by atoms with van der Waals surface area (Å²) in [5, 5.41) is 0. The number of nitrogens with two attached hydrogens (primary N) is 1. The molecule has 2 N–H and O–H groups in total. The fourth-order valence-corrected chi connectivity index (χ4v) is 2.92. The van der Waals surface area contributed by atoms with E-state index in [1.807, 2.05) is 0 Å². The second kappa shape index (κ2) is 19.5. The predicted molar refractivity (Wildman–Crippen MR) is 99.6 cm³/mol. The Morgan fingerprint density at radius 3 is 1.35 bits per heavy atom. The summed E-state index contributed by atoms with van der Waals surface area (Å²) in [5.41, 5.74) is 5.00. The number of amides is 1. The second-order valence-corrected chi connectivity index (χ2v) is 6.82. The molecule has 0 aromatic heterocycles. The van der Waals surface area contributed by atoms with E-state index < -0.39 is 0 Å². The molecule has 3 heteroatoms. The summed E-state index contributed by atoms with van der Waals surface area (Å²) in [5.74, 6) is -0.374. The van der Waals surface area contributed by atoms with Crippen LogP contribution in [-0.4, -0.2) is 19.1 Å². The molecule has 0 aliphatic carbocycles. The van der Waals surface area contributed by atoms with Gasteiger partial charge in [-0.2, -0.15) is 0 Å². The number of hydrogen-bond donors (Lipinski definition) is 1. The van der Waals surface area contributed by atoms with Gasteiger partial charge in [0.25, 0.3) is 0 Å². The standard InChI is InChI=1S/C20H41NO2/c1-2-3-4-5-6-7-8-9-10-11-12-13-14-15-16-17-18-23-19-20(21)22/h2-19H2,1H3,(H2,21,22). The monoisotopic (exact) mass is 327 g/mol. The molecule has 0 radical (unpaired) electrons. The molecule has 0 fully saturated rings. The van der Waals surface area contributed by atoms with Crippen molar-refractivity contribution in [2.75, 3.05) is 13.2 Å². The molecule has 0 aromatic rings. The predicted octanol–water partition coefficient (Wildman–Crippen LogP) is 5.75. The Hall–Kier alpha value is -0.570. The summed E-state index contributed by atoms with van der Waals surface area (Å²) in [6.07, 6.45) is 21.9. The van der Waals surface area contributed by atoms with Crippen LogP contribution >= 0.6 is 0 Å². The summed E-state index contributed by atoms with van der Waals surface area (Å²) in [4.78, 5) is 10.5. The largest absolute Gasteiger partial charge is 0.372 e. The number of hydrogen-bond acceptors (Lipinski definition) is 2. The molecule has 3 nitrogen and oxygen atoms in total.